The average Bonchev–Trinajstić information content (AvgIpc) is 2.43. The lowest BCUT2D eigenvalue weighted by molar-refractivity contribution is -0.144. The van der Waals surface area contributed by atoms with E-state index in [4.69, 9.17) is 9.84 Å². The van der Waals surface area contributed by atoms with Gasteiger partial charge in [0, 0.05) is 25.8 Å². The maximum Gasteiger partial charge on any atom is 0.323 e. The number of carboxylic acids is 1. The Labute approximate surface area is 120 Å². The number of nitrogens with zero attached hydrogens (tertiary/aromatic N) is 1. The van der Waals surface area contributed by atoms with Gasteiger partial charge in [0.25, 0.3) is 0 Å². The molecule has 0 radical (unpaired) electrons. The second-order valence-electron chi connectivity index (χ2n) is 5.23. The maximum atomic E-state index is 11.1. The lowest BCUT2D eigenvalue weighted by Crippen LogP contribution is -2.47. The number of rotatable bonds is 8. The van der Waals surface area contributed by atoms with Crippen LogP contribution in [0.3, 0.4) is 0 Å². The molecule has 0 heterocycles. The van der Waals surface area contributed by atoms with Gasteiger partial charge in [-0.2, -0.15) is 0 Å². The first-order valence-corrected chi connectivity index (χ1v) is 6.71. The third-order valence-electron chi connectivity index (χ3n) is 3.45. The van der Waals surface area contributed by atoms with E-state index in [1.807, 2.05) is 43.3 Å². The number of likely N-dealkylation sites (N-methyl/N-ethyl adjacent to an activating group) is 1. The lowest BCUT2D eigenvalue weighted by Gasteiger charge is -2.24. The highest BCUT2D eigenvalue weighted by Gasteiger charge is 2.30. The molecular formula is C15H24N2O3. The van der Waals surface area contributed by atoms with Crippen LogP contribution in [0, 0.1) is 0 Å². The zero-order valence-corrected chi connectivity index (χ0v) is 12.6. The van der Waals surface area contributed by atoms with Gasteiger partial charge >= 0.3 is 5.97 Å². The molecule has 1 rings (SSSR count). The van der Waals surface area contributed by atoms with E-state index in [1.165, 1.54) is 0 Å². The monoisotopic (exact) mass is 280 g/mol. The fourth-order valence-electron chi connectivity index (χ4n) is 1.81. The van der Waals surface area contributed by atoms with Crippen molar-refractivity contribution >= 4 is 11.7 Å². The maximum absolute atomic E-state index is 11.1. The molecule has 2 N–H and O–H groups in total. The Balaban J connectivity index is 2.45. The third-order valence-corrected chi connectivity index (χ3v) is 3.45. The number of nitrogens with one attached hydrogen (secondary N) is 1. The van der Waals surface area contributed by atoms with E-state index >= 15 is 0 Å². The van der Waals surface area contributed by atoms with Crippen molar-refractivity contribution in [3.05, 3.63) is 24.3 Å². The standard InChI is InChI=1S/C15H24N2O3/c1-15(16-2,14(18)19)9-6-10-20-13-8-5-7-12(11-13)17(3)4/h5,7-8,11,16H,6,9-10H2,1-4H3,(H,18,19). The summed E-state index contributed by atoms with van der Waals surface area (Å²) < 4.78 is 5.67. The van der Waals surface area contributed by atoms with Gasteiger partial charge in [-0.25, -0.2) is 0 Å². The number of hydrogen-bond acceptors (Lipinski definition) is 4. The van der Waals surface area contributed by atoms with Gasteiger partial charge in [-0.1, -0.05) is 6.07 Å². The quantitative estimate of drug-likeness (QED) is 0.713. The molecule has 0 aliphatic rings. The molecule has 0 aliphatic carbocycles. The molecule has 1 unspecified atom stereocenters. The van der Waals surface area contributed by atoms with Gasteiger partial charge in [0.1, 0.15) is 11.3 Å². The number of hydrogen-bond donors (Lipinski definition) is 2. The Kier molecular flexibility index (Phi) is 5.82. The minimum absolute atomic E-state index is 0.501. The summed E-state index contributed by atoms with van der Waals surface area (Å²) in [4.78, 5) is 13.1. The summed E-state index contributed by atoms with van der Waals surface area (Å²) in [5.74, 6) is -0.0349. The number of ether oxygens (including phenoxy) is 1. The van der Waals surface area contributed by atoms with Crippen molar-refractivity contribution in [3.63, 3.8) is 0 Å². The fraction of sp³-hybridized carbons (Fsp3) is 0.533. The van der Waals surface area contributed by atoms with Crippen LogP contribution >= 0.6 is 0 Å². The first-order chi connectivity index (χ1) is 9.39. The molecule has 0 aliphatic heterocycles. The van der Waals surface area contributed by atoms with Crippen LogP contribution in [0.15, 0.2) is 24.3 Å². The van der Waals surface area contributed by atoms with Crippen molar-refractivity contribution in [2.75, 3.05) is 32.6 Å². The van der Waals surface area contributed by atoms with Gasteiger partial charge in [0.2, 0.25) is 0 Å². The largest absolute Gasteiger partial charge is 0.494 e. The Morgan fingerprint density at radius 3 is 2.70 bits per heavy atom. The van der Waals surface area contributed by atoms with Crippen LogP contribution in [-0.4, -0.2) is 44.4 Å². The topological polar surface area (TPSA) is 61.8 Å². The van der Waals surface area contributed by atoms with Crippen LogP contribution in [0.5, 0.6) is 5.75 Å². The SMILES string of the molecule is CNC(C)(CCCOc1cccc(N(C)C)c1)C(=O)O. The number of carboxylic acid groups (broad SMARTS) is 1. The molecule has 0 bridgehead atoms. The second kappa shape index (κ2) is 7.14. The van der Waals surface area contributed by atoms with E-state index in [2.05, 4.69) is 5.32 Å². The number of anilines is 1. The Hall–Kier alpha value is -1.75. The summed E-state index contributed by atoms with van der Waals surface area (Å²) in [5.41, 5.74) is 0.183. The third kappa shape index (κ3) is 4.42. The highest BCUT2D eigenvalue weighted by molar-refractivity contribution is 5.78. The molecule has 0 saturated carbocycles. The normalized spacial score (nSPS) is 13.6. The van der Waals surface area contributed by atoms with Crippen LogP contribution < -0.4 is 15.0 Å². The smallest absolute Gasteiger partial charge is 0.323 e. The van der Waals surface area contributed by atoms with Gasteiger partial charge in [-0.3, -0.25) is 4.79 Å². The number of benzene rings is 1. The van der Waals surface area contributed by atoms with Crippen molar-refractivity contribution in [2.24, 2.45) is 0 Å². The first kappa shape index (κ1) is 16.3. The molecule has 5 heteroatoms. The molecule has 0 amide bonds. The van der Waals surface area contributed by atoms with E-state index in [1.54, 1.807) is 14.0 Å². The Morgan fingerprint density at radius 2 is 2.15 bits per heavy atom. The van der Waals surface area contributed by atoms with Crippen molar-refractivity contribution in [3.8, 4) is 5.75 Å². The van der Waals surface area contributed by atoms with E-state index in [-0.39, 0.29) is 0 Å². The van der Waals surface area contributed by atoms with E-state index in [0.717, 1.165) is 11.4 Å². The average molecular weight is 280 g/mol. The van der Waals surface area contributed by atoms with Crippen LogP contribution in [0.2, 0.25) is 0 Å². The molecule has 0 fully saturated rings. The highest BCUT2D eigenvalue weighted by atomic mass is 16.5. The van der Waals surface area contributed by atoms with Crippen LogP contribution in [-0.2, 0) is 4.79 Å². The molecule has 20 heavy (non-hydrogen) atoms. The molecule has 0 aromatic heterocycles. The molecule has 0 saturated heterocycles. The predicted molar refractivity (Wildman–Crippen MR) is 80.6 cm³/mol. The number of aliphatic carboxylic acids is 1. The molecular weight excluding hydrogens is 256 g/mol. The molecule has 0 spiro atoms. The molecule has 1 aromatic carbocycles. The van der Waals surface area contributed by atoms with E-state index in [9.17, 15) is 4.79 Å². The second-order valence-corrected chi connectivity index (χ2v) is 5.23. The van der Waals surface area contributed by atoms with Gasteiger partial charge < -0.3 is 20.1 Å². The Bertz CT molecular complexity index is 448. The predicted octanol–water partition coefficient (Wildman–Crippen LogP) is 1.97. The summed E-state index contributed by atoms with van der Waals surface area (Å²) in [6.07, 6.45) is 1.20. The van der Waals surface area contributed by atoms with Crippen LogP contribution in [0.4, 0.5) is 5.69 Å². The first-order valence-electron chi connectivity index (χ1n) is 6.71. The zero-order chi connectivity index (χ0) is 15.2. The van der Waals surface area contributed by atoms with Crippen LogP contribution in [0.1, 0.15) is 19.8 Å². The number of carbonyl (C=O) groups is 1. The van der Waals surface area contributed by atoms with Gasteiger partial charge in [-0.15, -0.1) is 0 Å². The summed E-state index contributed by atoms with van der Waals surface area (Å²) in [5, 5.41) is 12.0. The fourth-order valence-corrected chi connectivity index (χ4v) is 1.81. The van der Waals surface area contributed by atoms with Crippen molar-refractivity contribution in [1.82, 2.24) is 5.32 Å². The lowest BCUT2D eigenvalue weighted by atomic mass is 9.96. The van der Waals surface area contributed by atoms with E-state index < -0.39 is 11.5 Å². The van der Waals surface area contributed by atoms with E-state index in [0.29, 0.717) is 19.4 Å². The minimum atomic E-state index is -0.894. The minimum Gasteiger partial charge on any atom is -0.494 e. The highest BCUT2D eigenvalue weighted by Crippen LogP contribution is 2.20. The van der Waals surface area contributed by atoms with Crippen LogP contribution in [0.25, 0.3) is 0 Å². The summed E-state index contributed by atoms with van der Waals surface area (Å²) >= 11 is 0. The molecule has 5 nitrogen and oxygen atoms in total. The van der Waals surface area contributed by atoms with Gasteiger partial charge in [-0.05, 0) is 38.9 Å². The van der Waals surface area contributed by atoms with Gasteiger partial charge in [0.15, 0.2) is 0 Å². The van der Waals surface area contributed by atoms with Crippen molar-refractivity contribution in [1.29, 1.82) is 0 Å². The molecule has 112 valence electrons. The molecule has 1 aromatic rings. The van der Waals surface area contributed by atoms with Gasteiger partial charge in [0.05, 0.1) is 6.61 Å². The summed E-state index contributed by atoms with van der Waals surface area (Å²) in [6, 6.07) is 7.82. The van der Waals surface area contributed by atoms with Crippen molar-refractivity contribution in [2.45, 2.75) is 25.3 Å². The summed E-state index contributed by atoms with van der Waals surface area (Å²) in [7, 11) is 5.62. The van der Waals surface area contributed by atoms with Crippen molar-refractivity contribution < 1.29 is 14.6 Å². The Morgan fingerprint density at radius 1 is 1.45 bits per heavy atom. The summed E-state index contributed by atoms with van der Waals surface area (Å²) in [6.45, 7) is 2.18. The zero-order valence-electron chi connectivity index (χ0n) is 12.6. The molecule has 1 atom stereocenters.